The van der Waals surface area contributed by atoms with E-state index < -0.39 is 59.9 Å². The maximum absolute atomic E-state index is 14.7. The van der Waals surface area contributed by atoms with Gasteiger partial charge in [0.2, 0.25) is 0 Å². The molecule has 1 aliphatic carbocycles. The van der Waals surface area contributed by atoms with Gasteiger partial charge in [0.15, 0.2) is 30.1 Å². The van der Waals surface area contributed by atoms with Crippen LogP contribution < -0.4 is 11.0 Å². The molecule has 12 heteroatoms. The number of aromatic nitrogens is 2. The Kier molecular flexibility index (Phi) is 8.01. The van der Waals surface area contributed by atoms with Crippen molar-refractivity contribution in [2.24, 2.45) is 5.92 Å². The summed E-state index contributed by atoms with van der Waals surface area (Å²) in [6.45, 7) is 4.07. The lowest BCUT2D eigenvalue weighted by atomic mass is 9.90. The molecule has 1 aromatic rings. The zero-order valence-corrected chi connectivity index (χ0v) is 18.7. The van der Waals surface area contributed by atoms with Crippen molar-refractivity contribution in [1.82, 2.24) is 9.55 Å². The van der Waals surface area contributed by atoms with Crippen LogP contribution >= 0.6 is 0 Å². The van der Waals surface area contributed by atoms with E-state index in [-0.39, 0.29) is 12.5 Å². The maximum Gasteiger partial charge on any atom is 0.412 e. The molecule has 2 heterocycles. The molecule has 1 N–H and O–H groups in total. The van der Waals surface area contributed by atoms with Crippen LogP contribution in [-0.4, -0.2) is 52.5 Å². The molecule has 11 nitrogen and oxygen atoms in total. The quantitative estimate of drug-likeness (QED) is 0.492. The fourth-order valence-corrected chi connectivity index (χ4v) is 4.09. The van der Waals surface area contributed by atoms with Gasteiger partial charge in [-0.15, -0.1) is 0 Å². The van der Waals surface area contributed by atoms with Crippen LogP contribution in [-0.2, 0) is 28.5 Å². The molecular formula is C21H28FN3O8. The molecule has 182 valence electrons. The van der Waals surface area contributed by atoms with Gasteiger partial charge in [0.25, 0.3) is 0 Å². The highest BCUT2D eigenvalue weighted by Gasteiger charge is 2.48. The number of halogens is 1. The van der Waals surface area contributed by atoms with E-state index in [1.807, 2.05) is 0 Å². The number of ether oxygens (including phenoxy) is 4. The van der Waals surface area contributed by atoms with E-state index in [0.717, 1.165) is 49.8 Å². The molecule has 2 fully saturated rings. The van der Waals surface area contributed by atoms with Crippen molar-refractivity contribution in [3.63, 3.8) is 0 Å². The van der Waals surface area contributed by atoms with Gasteiger partial charge in [-0.25, -0.2) is 14.0 Å². The van der Waals surface area contributed by atoms with E-state index in [1.165, 1.54) is 6.92 Å². The summed E-state index contributed by atoms with van der Waals surface area (Å²) < 4.78 is 36.6. The Balaban J connectivity index is 1.74. The molecule has 0 bridgehead atoms. The minimum absolute atomic E-state index is 0.208. The second-order valence-corrected chi connectivity index (χ2v) is 8.23. The van der Waals surface area contributed by atoms with Crippen LogP contribution in [0, 0.1) is 11.7 Å². The van der Waals surface area contributed by atoms with E-state index in [2.05, 4.69) is 10.3 Å². The van der Waals surface area contributed by atoms with Crippen molar-refractivity contribution in [2.45, 2.75) is 77.4 Å². The summed E-state index contributed by atoms with van der Waals surface area (Å²) >= 11 is 0. The third kappa shape index (κ3) is 6.28. The average Bonchev–Trinajstić information content (AvgIpc) is 3.04. The fraction of sp³-hybridized carbons (Fsp3) is 0.667. The predicted octanol–water partition coefficient (Wildman–Crippen LogP) is 2.29. The lowest BCUT2D eigenvalue weighted by Crippen LogP contribution is -2.40. The van der Waals surface area contributed by atoms with Gasteiger partial charge in [-0.1, -0.05) is 19.3 Å². The number of hydrogen-bond acceptors (Lipinski definition) is 9. The Morgan fingerprint density at radius 2 is 1.79 bits per heavy atom. The molecular weight excluding hydrogens is 441 g/mol. The highest BCUT2D eigenvalue weighted by Crippen LogP contribution is 2.33. The molecule has 3 rings (SSSR count). The Morgan fingerprint density at radius 1 is 1.15 bits per heavy atom. The highest BCUT2D eigenvalue weighted by atomic mass is 19.1. The summed E-state index contributed by atoms with van der Waals surface area (Å²) in [5, 5.41) is 2.14. The number of hydrogen-bond donors (Lipinski definition) is 1. The zero-order valence-electron chi connectivity index (χ0n) is 18.7. The van der Waals surface area contributed by atoms with E-state index in [9.17, 15) is 23.6 Å². The summed E-state index contributed by atoms with van der Waals surface area (Å²) in [6, 6.07) is 0. The van der Waals surface area contributed by atoms with E-state index in [1.54, 1.807) is 6.92 Å². The number of nitrogens with one attached hydrogen (secondary N) is 1. The van der Waals surface area contributed by atoms with Gasteiger partial charge in [-0.3, -0.25) is 19.5 Å². The molecule has 1 amide bonds. The van der Waals surface area contributed by atoms with E-state index >= 15 is 0 Å². The number of amides is 1. The number of anilines is 1. The second kappa shape index (κ2) is 10.7. The standard InChI is InChI=1S/C21H28FN3O8/c1-11-16(32-12(2)26)17(33-13(3)27)19(31-11)25-9-15(22)18(23-20(25)28)24-21(29)30-10-14-7-5-4-6-8-14/h9,11,14,16-17,19H,4-8,10H2,1-3H3,(H,23,24,28,29)/t11-,16-,17-,19-/m1/s1. The summed E-state index contributed by atoms with van der Waals surface area (Å²) in [6.07, 6.45) is 0.841. The number of rotatable bonds is 6. The molecule has 0 radical (unpaired) electrons. The van der Waals surface area contributed by atoms with Gasteiger partial charge in [0.1, 0.15) is 0 Å². The van der Waals surface area contributed by atoms with Crippen molar-refractivity contribution in [3.05, 3.63) is 22.5 Å². The monoisotopic (exact) mass is 469 g/mol. The third-order valence-electron chi connectivity index (χ3n) is 5.60. The van der Waals surface area contributed by atoms with Crippen LogP contribution in [0.15, 0.2) is 11.0 Å². The Morgan fingerprint density at radius 3 is 2.42 bits per heavy atom. The Bertz CT molecular complexity index is 946. The van der Waals surface area contributed by atoms with E-state index in [0.29, 0.717) is 0 Å². The van der Waals surface area contributed by atoms with Crippen molar-refractivity contribution in [1.29, 1.82) is 0 Å². The molecule has 2 aliphatic rings. The Hall–Kier alpha value is -3.02. The van der Waals surface area contributed by atoms with Gasteiger partial charge in [0.05, 0.1) is 18.9 Å². The summed E-state index contributed by atoms with van der Waals surface area (Å²) in [7, 11) is 0. The average molecular weight is 469 g/mol. The Labute approximate surface area is 189 Å². The molecule has 0 unspecified atom stereocenters. The van der Waals surface area contributed by atoms with Crippen molar-refractivity contribution in [3.8, 4) is 0 Å². The highest BCUT2D eigenvalue weighted by molar-refractivity contribution is 5.83. The van der Waals surface area contributed by atoms with E-state index in [4.69, 9.17) is 18.9 Å². The van der Waals surface area contributed by atoms with Crippen LogP contribution in [0.3, 0.4) is 0 Å². The molecule has 0 aromatic carbocycles. The molecule has 33 heavy (non-hydrogen) atoms. The molecule has 1 saturated carbocycles. The second-order valence-electron chi connectivity index (χ2n) is 8.23. The first-order chi connectivity index (χ1) is 15.7. The van der Waals surface area contributed by atoms with Gasteiger partial charge in [-0.2, -0.15) is 4.98 Å². The SMILES string of the molecule is CC(=O)O[C@@H]1[C@H](OC(C)=O)[C@@H](C)O[C@H]1n1cc(F)c(NC(=O)OCC2CCCCC2)nc1=O. The third-order valence-corrected chi connectivity index (χ3v) is 5.60. The number of esters is 2. The fourth-order valence-electron chi connectivity index (χ4n) is 4.09. The van der Waals surface area contributed by atoms with Gasteiger partial charge >= 0.3 is 23.7 Å². The number of carbonyl (C=O) groups excluding carboxylic acids is 3. The van der Waals surface area contributed by atoms with Crippen LogP contribution in [0.4, 0.5) is 15.0 Å². The van der Waals surface area contributed by atoms with Crippen LogP contribution in [0.1, 0.15) is 59.1 Å². The van der Waals surface area contributed by atoms with Crippen LogP contribution in [0.25, 0.3) is 0 Å². The summed E-state index contributed by atoms with van der Waals surface area (Å²) in [5.74, 6) is -2.72. The van der Waals surface area contributed by atoms with Gasteiger partial charge in [0, 0.05) is 13.8 Å². The lowest BCUT2D eigenvalue weighted by Gasteiger charge is -2.23. The number of carbonyl (C=O) groups is 3. The first-order valence-electron chi connectivity index (χ1n) is 10.9. The maximum atomic E-state index is 14.7. The summed E-state index contributed by atoms with van der Waals surface area (Å²) in [5.41, 5.74) is -0.975. The van der Waals surface area contributed by atoms with Crippen LogP contribution in [0.5, 0.6) is 0 Å². The first kappa shape index (κ1) is 24.6. The smallest absolute Gasteiger partial charge is 0.412 e. The van der Waals surface area contributed by atoms with Gasteiger partial charge in [-0.05, 0) is 25.7 Å². The van der Waals surface area contributed by atoms with Crippen LogP contribution in [0.2, 0.25) is 0 Å². The molecule has 1 aliphatic heterocycles. The molecule has 0 spiro atoms. The lowest BCUT2D eigenvalue weighted by molar-refractivity contribution is -0.165. The van der Waals surface area contributed by atoms with Crippen molar-refractivity contribution >= 4 is 23.8 Å². The zero-order chi connectivity index (χ0) is 24.1. The van der Waals surface area contributed by atoms with Crippen molar-refractivity contribution in [2.75, 3.05) is 11.9 Å². The first-order valence-corrected chi connectivity index (χ1v) is 10.9. The topological polar surface area (TPSA) is 135 Å². The van der Waals surface area contributed by atoms with Crippen molar-refractivity contribution < 1.29 is 37.7 Å². The summed E-state index contributed by atoms with van der Waals surface area (Å²) in [4.78, 5) is 51.2. The predicted molar refractivity (Wildman–Crippen MR) is 111 cm³/mol. The minimum atomic E-state index is -1.30. The van der Waals surface area contributed by atoms with Gasteiger partial charge < -0.3 is 18.9 Å². The number of nitrogens with zero attached hydrogens (tertiary/aromatic N) is 2. The minimum Gasteiger partial charge on any atom is -0.456 e. The normalized spacial score (nSPS) is 25.3. The molecule has 1 aromatic heterocycles. The largest absolute Gasteiger partial charge is 0.456 e. The molecule has 4 atom stereocenters. The molecule has 1 saturated heterocycles.